The van der Waals surface area contributed by atoms with Gasteiger partial charge in [-0.25, -0.2) is 0 Å². The van der Waals surface area contributed by atoms with Gasteiger partial charge in [0.05, 0.1) is 22.5 Å². The van der Waals surface area contributed by atoms with E-state index in [0.29, 0.717) is 43.0 Å². The van der Waals surface area contributed by atoms with Crippen molar-refractivity contribution in [3.05, 3.63) is 136 Å². The van der Waals surface area contributed by atoms with E-state index in [-0.39, 0.29) is 28.8 Å². The number of carbonyl (C=O) groups is 4. The number of nitriles is 1. The van der Waals surface area contributed by atoms with Crippen molar-refractivity contribution < 1.29 is 23.6 Å². The summed E-state index contributed by atoms with van der Waals surface area (Å²) < 4.78 is 5.34. The summed E-state index contributed by atoms with van der Waals surface area (Å²) in [4.78, 5) is 52.9. The lowest BCUT2D eigenvalue weighted by Crippen LogP contribution is -2.30. The smallest absolute Gasteiger partial charge is 0.272 e. The van der Waals surface area contributed by atoms with Crippen LogP contribution in [0.25, 0.3) is 6.08 Å². The summed E-state index contributed by atoms with van der Waals surface area (Å²) in [5.74, 6) is -1.40. The normalized spacial score (nSPS) is 10.9. The molecule has 4 amide bonds. The van der Waals surface area contributed by atoms with Crippen molar-refractivity contribution in [1.82, 2.24) is 5.32 Å². The molecule has 0 radical (unpaired) electrons. The van der Waals surface area contributed by atoms with E-state index in [1.54, 1.807) is 97.9 Å². The molecule has 3 aromatic carbocycles. The number of hydrogen-bond acceptors (Lipinski definition) is 8. The molecule has 10 nitrogen and oxygen atoms in total. The van der Waals surface area contributed by atoms with Crippen LogP contribution in [-0.4, -0.2) is 29.4 Å². The maximum Gasteiger partial charge on any atom is 0.272 e. The fourth-order valence-electron chi connectivity index (χ4n) is 4.29. The van der Waals surface area contributed by atoms with Crippen LogP contribution in [0.15, 0.2) is 118 Å². The molecule has 0 atom stereocenters. The Morgan fingerprint density at radius 2 is 1.57 bits per heavy atom. The Kier molecular flexibility index (Phi) is 10.6. The SMILES string of the molecule is Cc1c(C(=O)Nc2ccccc2)sc(NC(=O)CSc2cccc(NC(=O)/C(=C/c3ccco3)NC(=O)c3ccccc3)c2)c1C#N. The van der Waals surface area contributed by atoms with Gasteiger partial charge in [0.1, 0.15) is 22.5 Å². The van der Waals surface area contributed by atoms with Crippen molar-refractivity contribution >= 4 is 69.2 Å². The Morgan fingerprint density at radius 3 is 2.28 bits per heavy atom. The van der Waals surface area contributed by atoms with E-state index < -0.39 is 11.8 Å². The molecule has 5 aromatic rings. The first kappa shape index (κ1) is 32.5. The van der Waals surface area contributed by atoms with Crippen molar-refractivity contribution in [2.45, 2.75) is 11.8 Å². The molecule has 0 fully saturated rings. The summed E-state index contributed by atoms with van der Waals surface area (Å²) in [6.07, 6.45) is 2.89. The summed E-state index contributed by atoms with van der Waals surface area (Å²) in [6, 6.07) is 29.7. The van der Waals surface area contributed by atoms with Gasteiger partial charge in [0.15, 0.2) is 0 Å². The van der Waals surface area contributed by atoms with Crippen LogP contribution >= 0.6 is 23.1 Å². The minimum atomic E-state index is -0.574. The van der Waals surface area contributed by atoms with Crippen LogP contribution < -0.4 is 21.3 Å². The molecule has 2 heterocycles. The van der Waals surface area contributed by atoms with Crippen molar-refractivity contribution in [1.29, 1.82) is 5.26 Å². The molecule has 234 valence electrons. The van der Waals surface area contributed by atoms with Crippen molar-refractivity contribution in [3.63, 3.8) is 0 Å². The van der Waals surface area contributed by atoms with Gasteiger partial charge in [-0.2, -0.15) is 5.26 Å². The molecule has 0 bridgehead atoms. The van der Waals surface area contributed by atoms with E-state index in [2.05, 4.69) is 27.3 Å². The molecule has 0 aliphatic rings. The fourth-order valence-corrected chi connectivity index (χ4v) is 6.12. The quantitative estimate of drug-likeness (QED) is 0.0886. The highest BCUT2D eigenvalue weighted by Crippen LogP contribution is 2.33. The molecule has 5 rings (SSSR count). The van der Waals surface area contributed by atoms with Gasteiger partial charge >= 0.3 is 0 Å². The number of rotatable bonds is 11. The highest BCUT2D eigenvalue weighted by atomic mass is 32.2. The number of amides is 4. The van der Waals surface area contributed by atoms with E-state index >= 15 is 0 Å². The second-order valence-corrected chi connectivity index (χ2v) is 12.0. The zero-order chi connectivity index (χ0) is 33.2. The number of thiophene rings is 1. The van der Waals surface area contributed by atoms with Crippen LogP contribution in [0.2, 0.25) is 0 Å². The maximum absolute atomic E-state index is 13.3. The van der Waals surface area contributed by atoms with Crippen LogP contribution in [0, 0.1) is 18.3 Å². The highest BCUT2D eigenvalue weighted by Gasteiger charge is 2.22. The largest absolute Gasteiger partial charge is 0.465 e. The van der Waals surface area contributed by atoms with Gasteiger partial charge < -0.3 is 25.7 Å². The average molecular weight is 662 g/mol. The van der Waals surface area contributed by atoms with Crippen LogP contribution in [-0.2, 0) is 9.59 Å². The van der Waals surface area contributed by atoms with Crippen LogP contribution in [0.4, 0.5) is 16.4 Å². The lowest BCUT2D eigenvalue weighted by atomic mass is 10.1. The third-order valence-electron chi connectivity index (χ3n) is 6.57. The minimum absolute atomic E-state index is 0.00153. The number of thioether (sulfide) groups is 1. The number of nitrogens with one attached hydrogen (secondary N) is 4. The summed E-state index contributed by atoms with van der Waals surface area (Å²) in [5, 5.41) is 21.0. The molecule has 2 aromatic heterocycles. The molecule has 0 aliphatic carbocycles. The minimum Gasteiger partial charge on any atom is -0.465 e. The van der Waals surface area contributed by atoms with E-state index in [1.165, 1.54) is 24.1 Å². The predicted molar refractivity (Wildman–Crippen MR) is 183 cm³/mol. The number of anilines is 3. The van der Waals surface area contributed by atoms with E-state index in [9.17, 15) is 24.4 Å². The monoisotopic (exact) mass is 661 g/mol. The standard InChI is InChI=1S/C35H27N5O5S2/c1-22-28(20-36)35(47-31(22)34(44)37-24-12-6-3-7-13-24)40-30(41)21-46-27-16-8-14-25(18-27)38-33(43)29(19-26-15-9-17-45-26)39-32(42)23-10-4-2-5-11-23/h2-19H,21H2,1H3,(H,37,44)(H,38,43)(H,39,42)(H,40,41)/b29-19-. The number of benzene rings is 3. The van der Waals surface area contributed by atoms with Gasteiger partial charge in [-0.15, -0.1) is 23.1 Å². The Morgan fingerprint density at radius 1 is 0.851 bits per heavy atom. The Hall–Kier alpha value is -5.90. The third kappa shape index (κ3) is 8.64. The molecular weight excluding hydrogens is 635 g/mol. The Balaban J connectivity index is 1.22. The second kappa shape index (κ2) is 15.4. The molecule has 0 saturated carbocycles. The van der Waals surface area contributed by atoms with Gasteiger partial charge in [-0.3, -0.25) is 19.2 Å². The zero-order valence-electron chi connectivity index (χ0n) is 24.9. The third-order valence-corrected chi connectivity index (χ3v) is 8.77. The fraction of sp³-hybridized carbons (Fsp3) is 0.0571. The van der Waals surface area contributed by atoms with Gasteiger partial charge in [0, 0.05) is 27.9 Å². The number of carbonyl (C=O) groups excluding carboxylic acids is 4. The second-order valence-electron chi connectivity index (χ2n) is 9.90. The predicted octanol–water partition coefficient (Wildman–Crippen LogP) is 6.91. The first-order valence-corrected chi connectivity index (χ1v) is 16.0. The van der Waals surface area contributed by atoms with E-state index in [4.69, 9.17) is 4.42 Å². The molecule has 0 saturated heterocycles. The molecular formula is C35H27N5O5S2. The Bertz CT molecular complexity index is 1980. The lowest BCUT2D eigenvalue weighted by Gasteiger charge is -2.12. The van der Waals surface area contributed by atoms with E-state index in [1.807, 2.05) is 6.07 Å². The van der Waals surface area contributed by atoms with Crippen molar-refractivity contribution in [2.24, 2.45) is 0 Å². The number of hydrogen-bond donors (Lipinski definition) is 4. The summed E-state index contributed by atoms with van der Waals surface area (Å²) in [6.45, 7) is 1.67. The topological polar surface area (TPSA) is 153 Å². The first-order chi connectivity index (χ1) is 22.8. The van der Waals surface area contributed by atoms with Gasteiger partial charge in [-0.05, 0) is 67.1 Å². The summed E-state index contributed by atoms with van der Waals surface area (Å²) >= 11 is 2.26. The number of nitrogens with zero attached hydrogens (tertiary/aromatic N) is 1. The Labute approximate surface area is 278 Å². The van der Waals surface area contributed by atoms with Crippen LogP contribution in [0.1, 0.15) is 36.9 Å². The van der Waals surface area contributed by atoms with Gasteiger partial charge in [0.25, 0.3) is 17.7 Å². The number of para-hydroxylation sites is 1. The average Bonchev–Trinajstić information content (AvgIpc) is 3.71. The molecule has 47 heavy (non-hydrogen) atoms. The molecule has 12 heteroatoms. The zero-order valence-corrected chi connectivity index (χ0v) is 26.5. The summed E-state index contributed by atoms with van der Waals surface area (Å²) in [5.41, 5.74) is 2.13. The first-order valence-electron chi connectivity index (χ1n) is 14.2. The van der Waals surface area contributed by atoms with Crippen molar-refractivity contribution in [3.8, 4) is 6.07 Å². The molecule has 0 aliphatic heterocycles. The van der Waals surface area contributed by atoms with Gasteiger partial charge in [0.2, 0.25) is 5.91 Å². The molecule has 0 spiro atoms. The van der Waals surface area contributed by atoms with Crippen molar-refractivity contribution in [2.75, 3.05) is 21.7 Å². The van der Waals surface area contributed by atoms with Crippen LogP contribution in [0.5, 0.6) is 0 Å². The number of furan rings is 1. The lowest BCUT2D eigenvalue weighted by molar-refractivity contribution is -0.114. The summed E-state index contributed by atoms with van der Waals surface area (Å²) in [7, 11) is 0. The highest BCUT2D eigenvalue weighted by molar-refractivity contribution is 8.00. The van der Waals surface area contributed by atoms with Crippen LogP contribution in [0.3, 0.4) is 0 Å². The molecule has 0 unspecified atom stereocenters. The molecule has 4 N–H and O–H groups in total. The maximum atomic E-state index is 13.3. The van der Waals surface area contributed by atoms with E-state index in [0.717, 1.165) is 11.3 Å². The van der Waals surface area contributed by atoms with Gasteiger partial charge in [-0.1, -0.05) is 42.5 Å².